The largest absolute Gasteiger partial charge is 0.478 e. The highest BCUT2D eigenvalue weighted by atomic mass is 16.4. The molecule has 106 valence electrons. The molecule has 1 aliphatic rings. The quantitative estimate of drug-likeness (QED) is 0.828. The predicted octanol–water partition coefficient (Wildman–Crippen LogP) is 3.38. The zero-order chi connectivity index (χ0) is 14.7. The van der Waals surface area contributed by atoms with Crippen LogP contribution in [0.2, 0.25) is 0 Å². The van der Waals surface area contributed by atoms with Gasteiger partial charge in [-0.2, -0.15) is 0 Å². The Labute approximate surface area is 118 Å². The number of carboxylic acid groups (broad SMARTS) is 1. The zero-order valence-electron chi connectivity index (χ0n) is 11.8. The van der Waals surface area contributed by atoms with E-state index >= 15 is 0 Å². The van der Waals surface area contributed by atoms with Crippen molar-refractivity contribution in [3.05, 3.63) is 41.1 Å². The van der Waals surface area contributed by atoms with Crippen LogP contribution in [-0.2, 0) is 4.79 Å². The summed E-state index contributed by atoms with van der Waals surface area (Å²) >= 11 is 0. The van der Waals surface area contributed by atoms with Crippen molar-refractivity contribution in [3.63, 3.8) is 0 Å². The van der Waals surface area contributed by atoms with E-state index in [1.807, 2.05) is 13.8 Å². The van der Waals surface area contributed by atoms with E-state index in [4.69, 9.17) is 5.11 Å². The number of aryl methyl sites for hydroxylation is 1. The molecule has 1 atom stereocenters. The minimum absolute atomic E-state index is 0.104. The van der Waals surface area contributed by atoms with Gasteiger partial charge in [0, 0.05) is 23.4 Å². The molecular formula is C16H19NO3. The molecule has 20 heavy (non-hydrogen) atoms. The number of allylic oxidation sites excluding steroid dienone is 1. The topological polar surface area (TPSA) is 66.4 Å². The molecule has 0 heterocycles. The number of hydrogen-bond acceptors (Lipinski definition) is 3. The molecule has 1 fully saturated rings. The Balaban J connectivity index is 2.14. The minimum atomic E-state index is -0.936. The highest BCUT2D eigenvalue weighted by Gasteiger charge is 2.22. The zero-order valence-corrected chi connectivity index (χ0v) is 11.8. The number of anilines is 1. The monoisotopic (exact) mass is 273 g/mol. The molecule has 1 aromatic rings. The van der Waals surface area contributed by atoms with Gasteiger partial charge in [0.2, 0.25) is 0 Å². The molecule has 2 rings (SSSR count). The smallest absolute Gasteiger partial charge is 0.335 e. The van der Waals surface area contributed by atoms with Crippen LogP contribution in [0.5, 0.6) is 0 Å². The second kappa shape index (κ2) is 5.90. The molecule has 0 aromatic heterocycles. The van der Waals surface area contributed by atoms with Crippen LogP contribution in [0.1, 0.15) is 42.1 Å². The lowest BCUT2D eigenvalue weighted by Gasteiger charge is -2.19. The van der Waals surface area contributed by atoms with Gasteiger partial charge in [-0.1, -0.05) is 6.92 Å². The van der Waals surface area contributed by atoms with Crippen LogP contribution in [0.4, 0.5) is 5.69 Å². The molecule has 0 unspecified atom stereocenters. The maximum Gasteiger partial charge on any atom is 0.335 e. The van der Waals surface area contributed by atoms with Gasteiger partial charge in [-0.3, -0.25) is 4.79 Å². The van der Waals surface area contributed by atoms with Gasteiger partial charge in [0.1, 0.15) is 0 Å². The van der Waals surface area contributed by atoms with Gasteiger partial charge in [0.25, 0.3) is 0 Å². The Kier molecular flexibility index (Phi) is 4.23. The number of carbonyl (C=O) groups excluding carboxylic acids is 1. The first kappa shape index (κ1) is 14.3. The summed E-state index contributed by atoms with van der Waals surface area (Å²) in [4.78, 5) is 22.9. The summed E-state index contributed by atoms with van der Waals surface area (Å²) in [6.45, 7) is 3.81. The Hall–Kier alpha value is -2.10. The van der Waals surface area contributed by atoms with Crippen molar-refractivity contribution in [3.8, 4) is 0 Å². The van der Waals surface area contributed by atoms with Crippen LogP contribution in [0, 0.1) is 12.8 Å². The number of ketones is 1. The molecule has 0 amide bonds. The van der Waals surface area contributed by atoms with Crippen molar-refractivity contribution in [2.24, 2.45) is 5.92 Å². The number of hydrogen-bond donors (Lipinski definition) is 2. The van der Waals surface area contributed by atoms with Gasteiger partial charge >= 0.3 is 5.97 Å². The summed E-state index contributed by atoms with van der Waals surface area (Å²) in [7, 11) is 0. The molecule has 0 spiro atoms. The van der Waals surface area contributed by atoms with Gasteiger partial charge in [-0.25, -0.2) is 4.79 Å². The standard InChI is InChI=1S/C16H19NO3/c1-10-4-3-5-13(15(10)18)9-17-14-7-6-12(16(19)20)8-11(14)2/h6-10,17H,3-5H2,1-2H3,(H,19,20)/b13-9+/t10-/m0/s1. The van der Waals surface area contributed by atoms with Crippen LogP contribution in [0.3, 0.4) is 0 Å². The summed E-state index contributed by atoms with van der Waals surface area (Å²) in [6, 6.07) is 4.91. The third-order valence-electron chi connectivity index (χ3n) is 3.72. The molecule has 0 saturated heterocycles. The van der Waals surface area contributed by atoms with Crippen molar-refractivity contribution in [2.75, 3.05) is 5.32 Å². The Bertz CT molecular complexity index is 575. The van der Waals surface area contributed by atoms with Crippen LogP contribution in [0.25, 0.3) is 0 Å². The van der Waals surface area contributed by atoms with Gasteiger partial charge < -0.3 is 10.4 Å². The average Bonchev–Trinajstić information content (AvgIpc) is 2.41. The number of nitrogens with one attached hydrogen (secondary N) is 1. The van der Waals surface area contributed by atoms with Crippen molar-refractivity contribution >= 4 is 17.4 Å². The van der Waals surface area contributed by atoms with Gasteiger partial charge in [0.05, 0.1) is 5.56 Å². The number of benzene rings is 1. The van der Waals surface area contributed by atoms with E-state index in [2.05, 4.69) is 5.32 Å². The molecular weight excluding hydrogens is 254 g/mol. The summed E-state index contributed by atoms with van der Waals surface area (Å²) < 4.78 is 0. The fourth-order valence-corrected chi connectivity index (χ4v) is 2.44. The first-order valence-corrected chi connectivity index (χ1v) is 6.83. The van der Waals surface area contributed by atoms with E-state index < -0.39 is 5.97 Å². The van der Waals surface area contributed by atoms with Crippen LogP contribution >= 0.6 is 0 Å². The summed E-state index contributed by atoms with van der Waals surface area (Å²) in [5.74, 6) is -0.620. The summed E-state index contributed by atoms with van der Waals surface area (Å²) in [6.07, 6.45) is 4.57. The van der Waals surface area contributed by atoms with Crippen molar-refractivity contribution < 1.29 is 14.7 Å². The highest BCUT2D eigenvalue weighted by molar-refractivity contribution is 5.98. The van der Waals surface area contributed by atoms with Gasteiger partial charge in [-0.15, -0.1) is 0 Å². The summed E-state index contributed by atoms with van der Waals surface area (Å²) in [5.41, 5.74) is 2.76. The SMILES string of the molecule is Cc1cc(C(=O)O)ccc1N/C=C1\CCC[C@H](C)C1=O. The van der Waals surface area contributed by atoms with Gasteiger partial charge in [-0.05, 0) is 49.9 Å². The van der Waals surface area contributed by atoms with Crippen molar-refractivity contribution in [1.29, 1.82) is 0 Å². The van der Waals surface area contributed by atoms with Crippen molar-refractivity contribution in [1.82, 2.24) is 0 Å². The molecule has 0 bridgehead atoms. The lowest BCUT2D eigenvalue weighted by Crippen LogP contribution is -2.19. The predicted molar refractivity (Wildman–Crippen MR) is 77.9 cm³/mol. The number of carbonyl (C=O) groups is 2. The van der Waals surface area contributed by atoms with E-state index in [0.29, 0.717) is 0 Å². The molecule has 1 aromatic carbocycles. The molecule has 2 N–H and O–H groups in total. The third kappa shape index (κ3) is 3.07. The molecule has 1 saturated carbocycles. The van der Waals surface area contributed by atoms with Crippen LogP contribution < -0.4 is 5.32 Å². The molecule has 0 radical (unpaired) electrons. The highest BCUT2D eigenvalue weighted by Crippen LogP contribution is 2.25. The minimum Gasteiger partial charge on any atom is -0.478 e. The van der Waals surface area contributed by atoms with Gasteiger partial charge in [0.15, 0.2) is 5.78 Å². The Morgan fingerprint density at radius 2 is 2.20 bits per heavy atom. The maximum absolute atomic E-state index is 12.0. The normalized spacial score (nSPS) is 21.0. The van der Waals surface area contributed by atoms with E-state index in [-0.39, 0.29) is 17.3 Å². The van der Waals surface area contributed by atoms with Crippen LogP contribution in [0.15, 0.2) is 30.0 Å². The van der Waals surface area contributed by atoms with E-state index in [1.54, 1.807) is 24.4 Å². The van der Waals surface area contributed by atoms with Crippen molar-refractivity contribution in [2.45, 2.75) is 33.1 Å². The number of aromatic carboxylic acids is 1. The molecule has 0 aliphatic heterocycles. The lowest BCUT2D eigenvalue weighted by molar-refractivity contribution is -0.119. The maximum atomic E-state index is 12.0. The van der Waals surface area contributed by atoms with Crippen LogP contribution in [-0.4, -0.2) is 16.9 Å². The van der Waals surface area contributed by atoms with E-state index in [1.165, 1.54) is 0 Å². The Morgan fingerprint density at radius 1 is 1.45 bits per heavy atom. The van der Waals surface area contributed by atoms with E-state index in [9.17, 15) is 9.59 Å². The third-order valence-corrected chi connectivity index (χ3v) is 3.72. The second-order valence-electron chi connectivity index (χ2n) is 5.31. The molecule has 4 nitrogen and oxygen atoms in total. The lowest BCUT2D eigenvalue weighted by atomic mass is 9.86. The average molecular weight is 273 g/mol. The first-order valence-electron chi connectivity index (χ1n) is 6.83. The first-order chi connectivity index (χ1) is 9.49. The fourth-order valence-electron chi connectivity index (χ4n) is 2.44. The molecule has 4 heteroatoms. The second-order valence-corrected chi connectivity index (χ2v) is 5.31. The number of carboxylic acids is 1. The Morgan fingerprint density at radius 3 is 2.85 bits per heavy atom. The number of rotatable bonds is 3. The van der Waals surface area contributed by atoms with E-state index in [0.717, 1.165) is 36.1 Å². The fraction of sp³-hybridized carbons (Fsp3) is 0.375. The number of Topliss-reactive ketones (excluding diaryl/α,β-unsaturated/α-hetero) is 1. The molecule has 1 aliphatic carbocycles. The summed E-state index contributed by atoms with van der Waals surface area (Å²) in [5, 5.41) is 12.0.